The molecule has 3 N–H and O–H groups in total. The van der Waals surface area contributed by atoms with Crippen molar-refractivity contribution >= 4 is 17.1 Å². The van der Waals surface area contributed by atoms with Gasteiger partial charge in [-0.2, -0.15) is 0 Å². The third-order valence-corrected chi connectivity index (χ3v) is 1.58. The summed E-state index contributed by atoms with van der Waals surface area (Å²) in [6, 6.07) is 0. The molecule has 1 aromatic heterocycles. The van der Waals surface area contributed by atoms with Crippen LogP contribution < -0.4 is 11.1 Å². The van der Waals surface area contributed by atoms with E-state index in [9.17, 15) is 10.1 Å². The molecule has 0 fully saturated rings. The molecule has 0 aliphatic carbocycles. The fraction of sp³-hybridized carbons (Fsp3) is 0.125. The molecule has 0 bridgehead atoms. The van der Waals surface area contributed by atoms with Crippen molar-refractivity contribution in [1.29, 1.82) is 0 Å². The highest BCUT2D eigenvalue weighted by Gasteiger charge is 2.15. The number of rotatable bonds is 4. The maximum Gasteiger partial charge on any atom is 0.312 e. The molecule has 0 aliphatic heterocycles. The number of nitrogens with two attached hydrogens (primary N) is 1. The van der Waals surface area contributed by atoms with Crippen molar-refractivity contribution in [1.82, 2.24) is 4.98 Å². The molecule has 1 rings (SSSR count). The minimum absolute atomic E-state index is 0.133. The lowest BCUT2D eigenvalue weighted by Gasteiger charge is -2.06. The van der Waals surface area contributed by atoms with E-state index < -0.39 is 4.92 Å². The zero-order valence-electron chi connectivity index (χ0n) is 7.43. The van der Waals surface area contributed by atoms with Crippen molar-refractivity contribution in [3.8, 4) is 0 Å². The van der Waals surface area contributed by atoms with Crippen LogP contribution in [0.5, 0.6) is 0 Å². The molecule has 1 heterocycles. The fourth-order valence-electron chi connectivity index (χ4n) is 0.970. The largest absolute Gasteiger partial charge is 0.396 e. The van der Waals surface area contributed by atoms with Gasteiger partial charge in [0.05, 0.1) is 16.8 Å². The van der Waals surface area contributed by atoms with Crippen molar-refractivity contribution in [2.45, 2.75) is 0 Å². The van der Waals surface area contributed by atoms with E-state index in [-0.39, 0.29) is 17.1 Å². The molecule has 0 saturated carbocycles. The quantitative estimate of drug-likeness (QED) is 0.426. The van der Waals surface area contributed by atoms with Crippen LogP contribution in [0.25, 0.3) is 0 Å². The number of nitrogens with one attached hydrogen (secondary N) is 1. The Morgan fingerprint density at radius 1 is 1.71 bits per heavy atom. The maximum atomic E-state index is 10.6. The van der Waals surface area contributed by atoms with E-state index in [1.54, 1.807) is 6.08 Å². The predicted molar refractivity (Wildman–Crippen MR) is 54.0 cm³/mol. The zero-order valence-corrected chi connectivity index (χ0v) is 7.43. The van der Waals surface area contributed by atoms with Gasteiger partial charge in [0.1, 0.15) is 11.9 Å². The second kappa shape index (κ2) is 4.22. The Morgan fingerprint density at radius 2 is 2.43 bits per heavy atom. The Balaban J connectivity index is 3.08. The summed E-state index contributed by atoms with van der Waals surface area (Å²) in [6.07, 6.45) is 4.10. The van der Waals surface area contributed by atoms with Crippen LogP contribution in [0.1, 0.15) is 0 Å². The molecule has 0 spiro atoms. The summed E-state index contributed by atoms with van der Waals surface area (Å²) in [4.78, 5) is 13.7. The first-order chi connectivity index (χ1) is 6.66. The van der Waals surface area contributed by atoms with Gasteiger partial charge in [0.15, 0.2) is 0 Å². The minimum atomic E-state index is -0.533. The number of nitrogen functional groups attached to an aromatic ring is 1. The monoisotopic (exact) mass is 194 g/mol. The Morgan fingerprint density at radius 3 is 3.00 bits per heavy atom. The maximum absolute atomic E-state index is 10.6. The predicted octanol–water partition coefficient (Wildman–Crippen LogP) is 1.17. The van der Waals surface area contributed by atoms with E-state index >= 15 is 0 Å². The lowest BCUT2D eigenvalue weighted by Crippen LogP contribution is -2.05. The summed E-state index contributed by atoms with van der Waals surface area (Å²) < 4.78 is 0. The van der Waals surface area contributed by atoms with Gasteiger partial charge >= 0.3 is 5.69 Å². The van der Waals surface area contributed by atoms with Gasteiger partial charge in [-0.25, -0.2) is 0 Å². The van der Waals surface area contributed by atoms with Gasteiger partial charge in [-0.15, -0.1) is 6.58 Å². The van der Waals surface area contributed by atoms with E-state index in [1.165, 1.54) is 6.20 Å². The zero-order chi connectivity index (χ0) is 10.6. The molecular formula is C8H10N4O2. The summed E-state index contributed by atoms with van der Waals surface area (Å²) in [5.74, 6) is 0. The van der Waals surface area contributed by atoms with Gasteiger partial charge in [-0.3, -0.25) is 15.1 Å². The van der Waals surface area contributed by atoms with Crippen LogP contribution in [0.15, 0.2) is 25.0 Å². The number of aromatic nitrogens is 1. The molecule has 0 atom stereocenters. The molecule has 14 heavy (non-hydrogen) atoms. The van der Waals surface area contributed by atoms with Gasteiger partial charge < -0.3 is 11.1 Å². The first-order valence-corrected chi connectivity index (χ1v) is 3.89. The lowest BCUT2D eigenvalue weighted by molar-refractivity contribution is -0.384. The van der Waals surface area contributed by atoms with Crippen LogP contribution in [0.2, 0.25) is 0 Å². The summed E-state index contributed by atoms with van der Waals surface area (Å²) in [7, 11) is 0. The van der Waals surface area contributed by atoms with Gasteiger partial charge in [-0.05, 0) is 0 Å². The van der Waals surface area contributed by atoms with Crippen molar-refractivity contribution < 1.29 is 4.92 Å². The highest BCUT2D eigenvalue weighted by atomic mass is 16.6. The highest BCUT2D eigenvalue weighted by molar-refractivity contribution is 5.75. The molecule has 6 heteroatoms. The number of nitro groups is 1. The Bertz CT molecular complexity index is 364. The average Bonchev–Trinajstić information content (AvgIpc) is 2.15. The van der Waals surface area contributed by atoms with Crippen LogP contribution in [-0.2, 0) is 0 Å². The highest BCUT2D eigenvalue weighted by Crippen LogP contribution is 2.28. The molecule has 0 saturated heterocycles. The number of pyridine rings is 1. The first kappa shape index (κ1) is 9.97. The molecule has 6 nitrogen and oxygen atoms in total. The average molecular weight is 194 g/mol. The van der Waals surface area contributed by atoms with E-state index in [0.29, 0.717) is 6.54 Å². The normalized spacial score (nSPS) is 9.43. The number of anilines is 2. The van der Waals surface area contributed by atoms with Crippen molar-refractivity contribution in [3.63, 3.8) is 0 Å². The molecular weight excluding hydrogens is 184 g/mol. The number of hydrogen-bond donors (Lipinski definition) is 2. The van der Waals surface area contributed by atoms with Crippen molar-refractivity contribution in [2.75, 3.05) is 17.6 Å². The third kappa shape index (κ3) is 1.98. The van der Waals surface area contributed by atoms with Gasteiger partial charge in [0.25, 0.3) is 0 Å². The molecule has 0 aromatic carbocycles. The molecule has 0 aliphatic rings. The van der Waals surface area contributed by atoms with E-state index in [0.717, 1.165) is 6.20 Å². The molecule has 0 unspecified atom stereocenters. The van der Waals surface area contributed by atoms with Crippen LogP contribution in [0, 0.1) is 10.1 Å². The summed E-state index contributed by atoms with van der Waals surface area (Å²) in [6.45, 7) is 3.90. The summed E-state index contributed by atoms with van der Waals surface area (Å²) in [5.41, 5.74) is 5.94. The second-order valence-corrected chi connectivity index (χ2v) is 2.55. The van der Waals surface area contributed by atoms with E-state index in [2.05, 4.69) is 16.9 Å². The second-order valence-electron chi connectivity index (χ2n) is 2.55. The summed E-state index contributed by atoms with van der Waals surface area (Å²) >= 11 is 0. The summed E-state index contributed by atoms with van der Waals surface area (Å²) in [5, 5.41) is 13.4. The smallest absolute Gasteiger partial charge is 0.312 e. The number of nitrogens with zero attached hydrogens (tertiary/aromatic N) is 2. The molecule has 1 aromatic rings. The fourth-order valence-corrected chi connectivity index (χ4v) is 0.970. The molecule has 74 valence electrons. The standard InChI is InChI=1S/C8H10N4O2/c1-2-3-11-8-6(9)4-10-5-7(8)12(13)14/h2,4-5H,1,3,9H2,(H,10,11). The minimum Gasteiger partial charge on any atom is -0.396 e. The third-order valence-electron chi connectivity index (χ3n) is 1.58. The van der Waals surface area contributed by atoms with Crippen LogP contribution in [-0.4, -0.2) is 16.5 Å². The molecule has 0 radical (unpaired) electrons. The topological polar surface area (TPSA) is 94.1 Å². The Labute approximate surface area is 80.6 Å². The van der Waals surface area contributed by atoms with Crippen LogP contribution in [0.3, 0.4) is 0 Å². The van der Waals surface area contributed by atoms with Gasteiger partial charge in [-0.1, -0.05) is 6.08 Å². The van der Waals surface area contributed by atoms with Crippen LogP contribution >= 0.6 is 0 Å². The first-order valence-electron chi connectivity index (χ1n) is 3.89. The van der Waals surface area contributed by atoms with Crippen LogP contribution in [0.4, 0.5) is 17.1 Å². The Hall–Kier alpha value is -2.11. The van der Waals surface area contributed by atoms with Crippen molar-refractivity contribution in [2.24, 2.45) is 0 Å². The van der Waals surface area contributed by atoms with E-state index in [1.807, 2.05) is 0 Å². The number of hydrogen-bond acceptors (Lipinski definition) is 5. The Kier molecular flexibility index (Phi) is 3.01. The van der Waals surface area contributed by atoms with Crippen molar-refractivity contribution in [3.05, 3.63) is 35.2 Å². The molecule has 0 amide bonds. The lowest BCUT2D eigenvalue weighted by atomic mass is 10.3. The van der Waals surface area contributed by atoms with E-state index in [4.69, 9.17) is 5.73 Å². The SMILES string of the molecule is C=CCNc1c(N)cncc1[N+](=O)[O-]. The van der Waals surface area contributed by atoms with Gasteiger partial charge in [0.2, 0.25) is 0 Å². The van der Waals surface area contributed by atoms with Gasteiger partial charge in [0, 0.05) is 6.54 Å².